The van der Waals surface area contributed by atoms with E-state index in [-0.39, 0.29) is 12.0 Å². The van der Waals surface area contributed by atoms with Gasteiger partial charge in [0.15, 0.2) is 0 Å². The van der Waals surface area contributed by atoms with Crippen molar-refractivity contribution in [1.29, 1.82) is 0 Å². The Morgan fingerprint density at radius 3 is 2.64 bits per heavy atom. The van der Waals surface area contributed by atoms with Crippen LogP contribution in [0.1, 0.15) is 18.9 Å². The van der Waals surface area contributed by atoms with E-state index in [9.17, 15) is 13.6 Å². The number of ketones is 1. The van der Waals surface area contributed by atoms with Crippen molar-refractivity contribution in [1.82, 2.24) is 0 Å². The summed E-state index contributed by atoms with van der Waals surface area (Å²) in [5.41, 5.74) is -0.265. The summed E-state index contributed by atoms with van der Waals surface area (Å²) in [4.78, 5) is 11.0. The van der Waals surface area contributed by atoms with E-state index in [1.54, 1.807) is 6.07 Å². The first kappa shape index (κ1) is 11.3. The summed E-state index contributed by atoms with van der Waals surface area (Å²) in [6, 6.07) is 5.62. The van der Waals surface area contributed by atoms with Crippen molar-refractivity contribution in [2.45, 2.75) is 19.3 Å². The third-order valence-corrected chi connectivity index (χ3v) is 2.35. The molecule has 4 heteroatoms. The molecule has 0 atom stereocenters. The van der Waals surface area contributed by atoms with E-state index in [1.165, 1.54) is 25.1 Å². The molecule has 76 valence electrons. The lowest BCUT2D eigenvalue weighted by Crippen LogP contribution is -2.25. The summed E-state index contributed by atoms with van der Waals surface area (Å²) in [6.45, 7) is 1.42. The molecular formula is C10H9BrF2O. The molecule has 0 aliphatic heterocycles. The Bertz CT molecular complexity index is 350. The Kier molecular flexibility index (Phi) is 3.37. The molecule has 0 bridgehead atoms. The van der Waals surface area contributed by atoms with E-state index >= 15 is 0 Å². The predicted octanol–water partition coefficient (Wildman–Crippen LogP) is 3.52. The van der Waals surface area contributed by atoms with Crippen LogP contribution >= 0.6 is 15.9 Å². The first-order chi connectivity index (χ1) is 6.48. The van der Waals surface area contributed by atoms with E-state index in [0.717, 1.165) is 0 Å². The van der Waals surface area contributed by atoms with E-state index in [4.69, 9.17) is 0 Å². The number of benzene rings is 1. The fraction of sp³-hybridized carbons (Fsp3) is 0.300. The lowest BCUT2D eigenvalue weighted by atomic mass is 10.0. The standard InChI is InChI=1S/C10H9BrF2O/c1-2-9(14)10(12,13)7-4-3-5-8(11)6-7/h3-6H,2H2,1H3. The van der Waals surface area contributed by atoms with Crippen LogP contribution in [-0.2, 0) is 10.7 Å². The van der Waals surface area contributed by atoms with Gasteiger partial charge in [0.05, 0.1) is 0 Å². The number of hydrogen-bond donors (Lipinski definition) is 0. The highest BCUT2D eigenvalue weighted by Crippen LogP contribution is 2.31. The zero-order valence-corrected chi connectivity index (χ0v) is 9.14. The fourth-order valence-corrected chi connectivity index (χ4v) is 1.47. The third-order valence-electron chi connectivity index (χ3n) is 1.86. The van der Waals surface area contributed by atoms with Crippen LogP contribution in [0.4, 0.5) is 8.78 Å². The predicted molar refractivity (Wildman–Crippen MR) is 53.3 cm³/mol. The number of alkyl halides is 2. The zero-order chi connectivity index (χ0) is 10.8. The van der Waals surface area contributed by atoms with Gasteiger partial charge < -0.3 is 0 Å². The lowest BCUT2D eigenvalue weighted by molar-refractivity contribution is -0.144. The Morgan fingerprint density at radius 2 is 2.14 bits per heavy atom. The molecular weight excluding hydrogens is 254 g/mol. The molecule has 1 aromatic carbocycles. The van der Waals surface area contributed by atoms with Crippen LogP contribution in [0.25, 0.3) is 0 Å². The Balaban J connectivity index is 3.09. The first-order valence-electron chi connectivity index (χ1n) is 4.15. The summed E-state index contributed by atoms with van der Waals surface area (Å²) < 4.78 is 27.3. The molecule has 0 fully saturated rings. The Morgan fingerprint density at radius 1 is 1.50 bits per heavy atom. The van der Waals surface area contributed by atoms with Crippen molar-refractivity contribution < 1.29 is 13.6 Å². The van der Waals surface area contributed by atoms with Gasteiger partial charge in [-0.3, -0.25) is 4.79 Å². The second-order valence-electron chi connectivity index (χ2n) is 2.86. The summed E-state index contributed by atoms with van der Waals surface area (Å²) in [6.07, 6.45) is -0.167. The molecule has 1 nitrogen and oxygen atoms in total. The zero-order valence-electron chi connectivity index (χ0n) is 7.56. The average Bonchev–Trinajstić information content (AvgIpc) is 2.16. The minimum absolute atomic E-state index is 0.167. The van der Waals surface area contributed by atoms with Gasteiger partial charge in [-0.2, -0.15) is 8.78 Å². The Labute approximate surface area is 89.3 Å². The molecule has 1 aromatic rings. The topological polar surface area (TPSA) is 17.1 Å². The van der Waals surface area contributed by atoms with Crippen molar-refractivity contribution in [3.05, 3.63) is 34.3 Å². The van der Waals surface area contributed by atoms with Gasteiger partial charge in [0.25, 0.3) is 0 Å². The van der Waals surface area contributed by atoms with E-state index in [1.807, 2.05) is 0 Å². The minimum atomic E-state index is -3.38. The van der Waals surface area contributed by atoms with Gasteiger partial charge >= 0.3 is 5.92 Å². The molecule has 0 saturated heterocycles. The van der Waals surface area contributed by atoms with Crippen LogP contribution in [0.3, 0.4) is 0 Å². The maximum absolute atomic E-state index is 13.4. The molecule has 1 rings (SSSR count). The van der Waals surface area contributed by atoms with E-state index in [2.05, 4.69) is 15.9 Å². The molecule has 0 spiro atoms. The maximum atomic E-state index is 13.4. The van der Waals surface area contributed by atoms with Crippen molar-refractivity contribution >= 4 is 21.7 Å². The van der Waals surface area contributed by atoms with Crippen LogP contribution in [0.2, 0.25) is 0 Å². The number of rotatable bonds is 3. The van der Waals surface area contributed by atoms with Crippen molar-refractivity contribution in [3.8, 4) is 0 Å². The quantitative estimate of drug-likeness (QED) is 0.815. The van der Waals surface area contributed by atoms with Gasteiger partial charge in [0.1, 0.15) is 0 Å². The molecule has 0 unspecified atom stereocenters. The number of carbonyl (C=O) groups is 1. The van der Waals surface area contributed by atoms with Gasteiger partial charge in [-0.1, -0.05) is 35.0 Å². The van der Waals surface area contributed by atoms with Crippen LogP contribution < -0.4 is 0 Å². The number of carbonyl (C=O) groups excluding carboxylic acids is 1. The maximum Gasteiger partial charge on any atom is 0.330 e. The SMILES string of the molecule is CCC(=O)C(F)(F)c1cccc(Br)c1. The molecule has 0 saturated carbocycles. The first-order valence-corrected chi connectivity index (χ1v) is 4.95. The second kappa shape index (κ2) is 4.17. The van der Waals surface area contributed by atoms with Gasteiger partial charge in [0.2, 0.25) is 5.78 Å². The van der Waals surface area contributed by atoms with E-state index < -0.39 is 11.7 Å². The monoisotopic (exact) mass is 262 g/mol. The number of hydrogen-bond acceptors (Lipinski definition) is 1. The number of Topliss-reactive ketones (excluding diaryl/α,β-unsaturated/α-hetero) is 1. The van der Waals surface area contributed by atoms with E-state index in [0.29, 0.717) is 4.47 Å². The van der Waals surface area contributed by atoms with Gasteiger partial charge in [-0.05, 0) is 12.1 Å². The molecule has 0 N–H and O–H groups in total. The molecule has 0 heterocycles. The smallest absolute Gasteiger partial charge is 0.293 e. The minimum Gasteiger partial charge on any atom is -0.293 e. The van der Waals surface area contributed by atoms with Gasteiger partial charge in [0, 0.05) is 16.5 Å². The van der Waals surface area contributed by atoms with Gasteiger partial charge in [-0.25, -0.2) is 0 Å². The van der Waals surface area contributed by atoms with Crippen LogP contribution in [0.5, 0.6) is 0 Å². The molecule has 0 radical (unpaired) electrons. The summed E-state index contributed by atoms with van der Waals surface area (Å²) in [5.74, 6) is -4.44. The van der Waals surface area contributed by atoms with Crippen molar-refractivity contribution in [3.63, 3.8) is 0 Å². The Hall–Kier alpha value is -0.770. The highest BCUT2D eigenvalue weighted by molar-refractivity contribution is 9.10. The highest BCUT2D eigenvalue weighted by Gasteiger charge is 2.38. The van der Waals surface area contributed by atoms with Crippen molar-refractivity contribution in [2.24, 2.45) is 0 Å². The molecule has 0 aromatic heterocycles. The second-order valence-corrected chi connectivity index (χ2v) is 3.78. The number of halogens is 3. The summed E-state index contributed by atoms with van der Waals surface area (Å²) in [7, 11) is 0. The normalized spacial score (nSPS) is 11.4. The van der Waals surface area contributed by atoms with Crippen LogP contribution in [0.15, 0.2) is 28.7 Å². The molecule has 0 aliphatic carbocycles. The van der Waals surface area contributed by atoms with Crippen LogP contribution in [0, 0.1) is 0 Å². The fourth-order valence-electron chi connectivity index (χ4n) is 1.07. The van der Waals surface area contributed by atoms with Crippen molar-refractivity contribution in [2.75, 3.05) is 0 Å². The van der Waals surface area contributed by atoms with Crippen LogP contribution in [-0.4, -0.2) is 5.78 Å². The molecule has 0 aliphatic rings. The largest absolute Gasteiger partial charge is 0.330 e. The lowest BCUT2D eigenvalue weighted by Gasteiger charge is -2.14. The summed E-state index contributed by atoms with van der Waals surface area (Å²) >= 11 is 3.08. The highest BCUT2D eigenvalue weighted by atomic mass is 79.9. The third kappa shape index (κ3) is 2.18. The molecule has 0 amide bonds. The van der Waals surface area contributed by atoms with Gasteiger partial charge in [-0.15, -0.1) is 0 Å². The molecule has 14 heavy (non-hydrogen) atoms. The average molecular weight is 263 g/mol. The summed E-state index contributed by atoms with van der Waals surface area (Å²) in [5, 5.41) is 0.